The van der Waals surface area contributed by atoms with Gasteiger partial charge in [-0.15, -0.1) is 0 Å². The number of nitrogens with two attached hydrogens (primary N) is 1. The average Bonchev–Trinajstić information content (AvgIpc) is 2.76. The minimum absolute atomic E-state index is 0.404. The van der Waals surface area contributed by atoms with Crippen LogP contribution in [0.1, 0.15) is 25.2 Å². The fourth-order valence-corrected chi connectivity index (χ4v) is 2.32. The number of imidazole rings is 1. The number of aryl methyl sites for hydroxylation is 1. The number of hydrogen-bond acceptors (Lipinski definition) is 2. The van der Waals surface area contributed by atoms with Crippen molar-refractivity contribution in [3.05, 3.63) is 52.5 Å². The number of benzene rings is 1. The predicted octanol–water partition coefficient (Wildman–Crippen LogP) is 3.08. The summed E-state index contributed by atoms with van der Waals surface area (Å²) in [7, 11) is 0. The molecule has 18 heavy (non-hydrogen) atoms. The standard InChI is InChI=1S/C14H18BrN3/c1-3-18-9-8-17-13(18)10-14(2,16)11-4-6-12(15)7-5-11/h4-9H,3,10,16H2,1-2H3. The molecule has 0 fully saturated rings. The molecule has 2 aromatic rings. The molecule has 2 N–H and O–H groups in total. The van der Waals surface area contributed by atoms with Crippen molar-refractivity contribution in [1.29, 1.82) is 0 Å². The summed E-state index contributed by atoms with van der Waals surface area (Å²) >= 11 is 3.44. The van der Waals surface area contributed by atoms with Crippen LogP contribution in [0.3, 0.4) is 0 Å². The molecule has 4 heteroatoms. The van der Waals surface area contributed by atoms with Crippen molar-refractivity contribution in [3.63, 3.8) is 0 Å². The second kappa shape index (κ2) is 5.24. The van der Waals surface area contributed by atoms with Crippen molar-refractivity contribution in [3.8, 4) is 0 Å². The van der Waals surface area contributed by atoms with Gasteiger partial charge >= 0.3 is 0 Å². The van der Waals surface area contributed by atoms with Crippen LogP contribution in [0.25, 0.3) is 0 Å². The van der Waals surface area contributed by atoms with Crippen molar-refractivity contribution in [2.24, 2.45) is 5.73 Å². The van der Waals surface area contributed by atoms with E-state index in [1.165, 1.54) is 0 Å². The summed E-state index contributed by atoms with van der Waals surface area (Å²) in [5.41, 5.74) is 7.15. The van der Waals surface area contributed by atoms with Crippen LogP contribution in [0.5, 0.6) is 0 Å². The van der Waals surface area contributed by atoms with E-state index in [9.17, 15) is 0 Å². The molecule has 96 valence electrons. The van der Waals surface area contributed by atoms with Gasteiger partial charge in [0.05, 0.1) is 0 Å². The van der Waals surface area contributed by atoms with E-state index in [0.29, 0.717) is 0 Å². The number of hydrogen-bond donors (Lipinski definition) is 1. The first-order valence-electron chi connectivity index (χ1n) is 6.08. The first-order valence-corrected chi connectivity index (χ1v) is 6.87. The van der Waals surface area contributed by atoms with Crippen molar-refractivity contribution >= 4 is 15.9 Å². The van der Waals surface area contributed by atoms with E-state index in [2.05, 4.69) is 44.5 Å². The molecular weight excluding hydrogens is 290 g/mol. The summed E-state index contributed by atoms with van der Waals surface area (Å²) in [5.74, 6) is 1.03. The van der Waals surface area contributed by atoms with Crippen LogP contribution in [0, 0.1) is 0 Å². The summed E-state index contributed by atoms with van der Waals surface area (Å²) < 4.78 is 3.20. The lowest BCUT2D eigenvalue weighted by Crippen LogP contribution is -2.36. The molecule has 1 aromatic carbocycles. The van der Waals surface area contributed by atoms with E-state index in [1.807, 2.05) is 31.5 Å². The van der Waals surface area contributed by atoms with Crippen LogP contribution >= 0.6 is 15.9 Å². The minimum Gasteiger partial charge on any atom is -0.335 e. The summed E-state index contributed by atoms with van der Waals surface area (Å²) in [6, 6.07) is 8.16. The third-order valence-corrected chi connectivity index (χ3v) is 3.70. The van der Waals surface area contributed by atoms with E-state index in [0.717, 1.165) is 28.8 Å². The third kappa shape index (κ3) is 2.82. The van der Waals surface area contributed by atoms with E-state index < -0.39 is 5.54 Å². The van der Waals surface area contributed by atoms with E-state index in [1.54, 1.807) is 0 Å². The molecule has 1 heterocycles. The molecule has 1 aromatic heterocycles. The molecule has 0 saturated heterocycles. The van der Waals surface area contributed by atoms with Gasteiger partial charge in [-0.3, -0.25) is 0 Å². The number of halogens is 1. The zero-order valence-electron chi connectivity index (χ0n) is 10.7. The lowest BCUT2D eigenvalue weighted by molar-refractivity contribution is 0.465. The first kappa shape index (κ1) is 13.3. The summed E-state index contributed by atoms with van der Waals surface area (Å²) in [5, 5.41) is 0. The molecule has 2 rings (SSSR count). The molecule has 0 aliphatic carbocycles. The molecule has 0 bridgehead atoms. The molecule has 0 saturated carbocycles. The SMILES string of the molecule is CCn1ccnc1CC(C)(N)c1ccc(Br)cc1. The third-order valence-electron chi connectivity index (χ3n) is 3.17. The molecule has 0 spiro atoms. The predicted molar refractivity (Wildman–Crippen MR) is 77.3 cm³/mol. The number of nitrogens with zero attached hydrogens (tertiary/aromatic N) is 2. The molecule has 3 nitrogen and oxygen atoms in total. The average molecular weight is 308 g/mol. The summed E-state index contributed by atoms with van der Waals surface area (Å²) in [6.07, 6.45) is 4.55. The maximum Gasteiger partial charge on any atom is 0.110 e. The minimum atomic E-state index is -0.404. The first-order chi connectivity index (χ1) is 8.53. The van der Waals surface area contributed by atoms with Crippen molar-refractivity contribution in [2.45, 2.75) is 32.4 Å². The van der Waals surface area contributed by atoms with Gasteiger partial charge in [0, 0.05) is 35.4 Å². The highest BCUT2D eigenvalue weighted by atomic mass is 79.9. The van der Waals surface area contributed by atoms with Gasteiger partial charge in [-0.25, -0.2) is 4.98 Å². The monoisotopic (exact) mass is 307 g/mol. The van der Waals surface area contributed by atoms with Gasteiger partial charge in [0.25, 0.3) is 0 Å². The van der Waals surface area contributed by atoms with E-state index in [4.69, 9.17) is 5.73 Å². The van der Waals surface area contributed by atoms with Gasteiger partial charge in [0.2, 0.25) is 0 Å². The highest BCUT2D eigenvalue weighted by molar-refractivity contribution is 9.10. The van der Waals surface area contributed by atoms with Crippen molar-refractivity contribution < 1.29 is 0 Å². The Bertz CT molecular complexity index is 514. The summed E-state index contributed by atoms with van der Waals surface area (Å²) in [4.78, 5) is 4.39. The Hall–Kier alpha value is -1.13. The largest absolute Gasteiger partial charge is 0.335 e. The van der Waals surface area contributed by atoms with Gasteiger partial charge < -0.3 is 10.3 Å². The lowest BCUT2D eigenvalue weighted by Gasteiger charge is -2.25. The topological polar surface area (TPSA) is 43.8 Å². The normalized spacial score (nSPS) is 14.4. The Kier molecular flexibility index (Phi) is 3.88. The Morgan fingerprint density at radius 1 is 1.33 bits per heavy atom. The zero-order chi connectivity index (χ0) is 13.2. The molecule has 0 amide bonds. The van der Waals surface area contributed by atoms with E-state index in [-0.39, 0.29) is 0 Å². The second-order valence-corrected chi connectivity index (χ2v) is 5.65. The molecule has 1 atom stereocenters. The van der Waals surface area contributed by atoms with Crippen LogP contribution in [0.15, 0.2) is 41.1 Å². The quantitative estimate of drug-likeness (QED) is 0.943. The van der Waals surface area contributed by atoms with Crippen LogP contribution in [-0.4, -0.2) is 9.55 Å². The lowest BCUT2D eigenvalue weighted by atomic mass is 9.89. The molecule has 0 aliphatic rings. The van der Waals surface area contributed by atoms with Gasteiger partial charge in [-0.2, -0.15) is 0 Å². The Labute approximate surface area is 116 Å². The Morgan fingerprint density at radius 3 is 2.61 bits per heavy atom. The fourth-order valence-electron chi connectivity index (χ4n) is 2.06. The molecular formula is C14H18BrN3. The second-order valence-electron chi connectivity index (χ2n) is 4.73. The highest BCUT2D eigenvalue weighted by Crippen LogP contribution is 2.23. The smallest absolute Gasteiger partial charge is 0.110 e. The maximum absolute atomic E-state index is 6.43. The molecule has 0 aliphatic heterocycles. The molecule has 1 unspecified atom stereocenters. The number of rotatable bonds is 4. The van der Waals surface area contributed by atoms with Crippen LogP contribution in [-0.2, 0) is 18.5 Å². The number of aromatic nitrogens is 2. The summed E-state index contributed by atoms with van der Waals surface area (Å²) in [6.45, 7) is 5.08. The van der Waals surface area contributed by atoms with Crippen LogP contribution in [0.4, 0.5) is 0 Å². The Morgan fingerprint density at radius 2 is 2.00 bits per heavy atom. The van der Waals surface area contributed by atoms with Crippen LogP contribution in [0.2, 0.25) is 0 Å². The van der Waals surface area contributed by atoms with Crippen molar-refractivity contribution in [2.75, 3.05) is 0 Å². The van der Waals surface area contributed by atoms with Crippen LogP contribution < -0.4 is 5.73 Å². The van der Waals surface area contributed by atoms with Crippen molar-refractivity contribution in [1.82, 2.24) is 9.55 Å². The Balaban J connectivity index is 2.23. The van der Waals surface area contributed by atoms with Gasteiger partial charge in [-0.1, -0.05) is 28.1 Å². The van der Waals surface area contributed by atoms with Gasteiger partial charge in [0.1, 0.15) is 5.82 Å². The fraction of sp³-hybridized carbons (Fsp3) is 0.357. The molecule has 0 radical (unpaired) electrons. The zero-order valence-corrected chi connectivity index (χ0v) is 12.3. The van der Waals surface area contributed by atoms with E-state index >= 15 is 0 Å². The maximum atomic E-state index is 6.43. The highest BCUT2D eigenvalue weighted by Gasteiger charge is 2.23. The van der Waals surface area contributed by atoms with Gasteiger partial charge in [-0.05, 0) is 31.5 Å². The van der Waals surface area contributed by atoms with Gasteiger partial charge in [0.15, 0.2) is 0 Å².